The van der Waals surface area contributed by atoms with Crippen molar-refractivity contribution in [1.82, 2.24) is 5.32 Å². The lowest BCUT2D eigenvalue weighted by Crippen LogP contribution is -2.33. The summed E-state index contributed by atoms with van der Waals surface area (Å²) in [5.41, 5.74) is 1.50. The van der Waals surface area contributed by atoms with Gasteiger partial charge in [-0.2, -0.15) is 0 Å². The van der Waals surface area contributed by atoms with E-state index in [-0.39, 0.29) is 0 Å². The van der Waals surface area contributed by atoms with Crippen molar-refractivity contribution in [3.63, 3.8) is 0 Å². The van der Waals surface area contributed by atoms with E-state index in [1.165, 1.54) is 42.6 Å². The van der Waals surface area contributed by atoms with Crippen LogP contribution in [-0.4, -0.2) is 31.1 Å². The highest BCUT2D eigenvalue weighted by Crippen LogP contribution is 2.37. The Balaban J connectivity index is 1.43. The zero-order chi connectivity index (χ0) is 13.1. The molecule has 1 saturated carbocycles. The molecule has 1 aliphatic carbocycles. The van der Waals surface area contributed by atoms with Gasteiger partial charge in [0.15, 0.2) is 0 Å². The largest absolute Gasteiger partial charge is 0.377 e. The van der Waals surface area contributed by atoms with E-state index in [0.29, 0.717) is 17.4 Å². The fourth-order valence-corrected chi connectivity index (χ4v) is 4.34. The van der Waals surface area contributed by atoms with Crippen LogP contribution in [0.2, 0.25) is 0 Å². The second-order valence-electron chi connectivity index (χ2n) is 5.65. The Kier molecular flexibility index (Phi) is 4.46. The molecule has 0 radical (unpaired) electrons. The lowest BCUT2D eigenvalue weighted by Gasteiger charge is -2.28. The first-order valence-corrected chi connectivity index (χ1v) is 8.26. The Morgan fingerprint density at radius 2 is 2.00 bits per heavy atom. The molecule has 0 bridgehead atoms. The molecular weight excluding hydrogens is 254 g/mol. The minimum Gasteiger partial charge on any atom is -0.377 e. The van der Waals surface area contributed by atoms with Crippen LogP contribution in [0.5, 0.6) is 0 Å². The van der Waals surface area contributed by atoms with Crippen LogP contribution in [0.1, 0.15) is 31.2 Å². The lowest BCUT2D eigenvalue weighted by molar-refractivity contribution is 0.0243. The van der Waals surface area contributed by atoms with E-state index in [1.54, 1.807) is 0 Å². The van der Waals surface area contributed by atoms with Crippen molar-refractivity contribution in [2.45, 2.75) is 54.4 Å². The van der Waals surface area contributed by atoms with Gasteiger partial charge in [-0.05, 0) is 50.8 Å². The number of thioether (sulfide) groups is 1. The molecule has 104 valence electrons. The Morgan fingerprint density at radius 3 is 2.74 bits per heavy atom. The molecule has 1 atom stereocenters. The average Bonchev–Trinajstić information content (AvgIpc) is 2.88. The van der Waals surface area contributed by atoms with Crippen LogP contribution in [0.4, 0.5) is 0 Å². The third-order valence-electron chi connectivity index (χ3n) is 4.31. The van der Waals surface area contributed by atoms with Crippen LogP contribution >= 0.6 is 11.8 Å². The summed E-state index contributed by atoms with van der Waals surface area (Å²) in [5.74, 6) is 0. The summed E-state index contributed by atoms with van der Waals surface area (Å²) < 4.78 is 6.14. The van der Waals surface area contributed by atoms with Gasteiger partial charge in [0, 0.05) is 16.2 Å². The zero-order valence-corrected chi connectivity index (χ0v) is 12.4. The third kappa shape index (κ3) is 3.33. The summed E-state index contributed by atoms with van der Waals surface area (Å²) in [6.45, 7) is 0.911. The number of rotatable bonds is 4. The molecule has 0 saturated heterocycles. The number of ether oxygens (including phenoxy) is 1. The first-order chi connectivity index (χ1) is 9.35. The summed E-state index contributed by atoms with van der Waals surface area (Å²) in [4.78, 5) is 1.45. The van der Waals surface area contributed by atoms with E-state index in [0.717, 1.165) is 6.61 Å². The van der Waals surface area contributed by atoms with Gasteiger partial charge in [-0.15, -0.1) is 11.8 Å². The maximum absolute atomic E-state index is 6.14. The Labute approximate surface area is 120 Å². The monoisotopic (exact) mass is 277 g/mol. The van der Waals surface area contributed by atoms with Crippen molar-refractivity contribution < 1.29 is 4.74 Å². The summed E-state index contributed by atoms with van der Waals surface area (Å²) in [6, 6.07) is 9.47. The highest BCUT2D eigenvalue weighted by Gasteiger charge is 2.25. The number of fused-ring (bicyclic) bond motifs is 1. The van der Waals surface area contributed by atoms with Crippen LogP contribution in [0.25, 0.3) is 0 Å². The smallest absolute Gasteiger partial charge is 0.0595 e. The van der Waals surface area contributed by atoms with Crippen molar-refractivity contribution in [2.24, 2.45) is 0 Å². The minimum absolute atomic E-state index is 0.494. The standard InChI is InChI=1S/C16H23NOS/c1-17-13-6-8-14(9-7-13)18-11-15-10-12-4-2-3-5-16(12)19-15/h2-5,13-15,17H,6-11H2,1H3. The van der Waals surface area contributed by atoms with Gasteiger partial charge in [0.05, 0.1) is 12.7 Å². The molecule has 3 rings (SSSR count). The Morgan fingerprint density at radius 1 is 1.21 bits per heavy atom. The fourth-order valence-electron chi connectivity index (χ4n) is 3.11. The fraction of sp³-hybridized carbons (Fsp3) is 0.625. The molecule has 2 nitrogen and oxygen atoms in total. The summed E-state index contributed by atoms with van der Waals surface area (Å²) >= 11 is 1.99. The summed E-state index contributed by atoms with van der Waals surface area (Å²) in [6.07, 6.45) is 6.63. The van der Waals surface area contributed by atoms with Gasteiger partial charge in [-0.1, -0.05) is 18.2 Å². The highest BCUT2D eigenvalue weighted by atomic mass is 32.2. The maximum Gasteiger partial charge on any atom is 0.0595 e. The van der Waals surface area contributed by atoms with Crippen molar-refractivity contribution in [3.05, 3.63) is 29.8 Å². The van der Waals surface area contributed by atoms with Gasteiger partial charge in [-0.3, -0.25) is 0 Å². The van der Waals surface area contributed by atoms with Gasteiger partial charge in [0.1, 0.15) is 0 Å². The second kappa shape index (κ2) is 6.29. The lowest BCUT2D eigenvalue weighted by atomic mass is 9.93. The van der Waals surface area contributed by atoms with E-state index in [1.807, 2.05) is 11.8 Å². The molecular formula is C16H23NOS. The topological polar surface area (TPSA) is 21.3 Å². The van der Waals surface area contributed by atoms with Crippen LogP contribution in [0, 0.1) is 0 Å². The molecule has 0 aromatic heterocycles. The number of nitrogens with one attached hydrogen (secondary N) is 1. The number of hydrogen-bond donors (Lipinski definition) is 1. The van der Waals surface area contributed by atoms with Crippen LogP contribution in [0.3, 0.4) is 0 Å². The van der Waals surface area contributed by atoms with Crippen molar-refractivity contribution in [1.29, 1.82) is 0 Å². The van der Waals surface area contributed by atoms with E-state index < -0.39 is 0 Å². The van der Waals surface area contributed by atoms with E-state index in [4.69, 9.17) is 4.74 Å². The molecule has 1 heterocycles. The van der Waals surface area contributed by atoms with Gasteiger partial charge < -0.3 is 10.1 Å². The molecule has 1 aromatic carbocycles. The molecule has 1 aromatic rings. The Hall–Kier alpha value is -0.510. The minimum atomic E-state index is 0.494. The predicted molar refractivity (Wildman–Crippen MR) is 80.8 cm³/mol. The Bertz CT molecular complexity index is 390. The van der Waals surface area contributed by atoms with Crippen LogP contribution in [-0.2, 0) is 11.2 Å². The number of hydrogen-bond acceptors (Lipinski definition) is 3. The first-order valence-electron chi connectivity index (χ1n) is 7.38. The van der Waals surface area contributed by atoms with Crippen molar-refractivity contribution >= 4 is 11.8 Å². The molecule has 1 N–H and O–H groups in total. The van der Waals surface area contributed by atoms with Gasteiger partial charge in [0.2, 0.25) is 0 Å². The number of benzene rings is 1. The van der Waals surface area contributed by atoms with Gasteiger partial charge in [-0.25, -0.2) is 0 Å². The van der Waals surface area contributed by atoms with Crippen molar-refractivity contribution in [2.75, 3.05) is 13.7 Å². The first kappa shape index (κ1) is 13.5. The predicted octanol–water partition coefficient (Wildman–Crippen LogP) is 3.25. The molecule has 2 aliphatic rings. The third-order valence-corrected chi connectivity index (χ3v) is 5.60. The van der Waals surface area contributed by atoms with Crippen LogP contribution < -0.4 is 5.32 Å². The summed E-state index contributed by atoms with van der Waals surface area (Å²) in [7, 11) is 2.07. The molecule has 3 heteroatoms. The molecule has 0 amide bonds. The van der Waals surface area contributed by atoms with E-state index >= 15 is 0 Å². The molecule has 19 heavy (non-hydrogen) atoms. The molecule has 1 fully saturated rings. The molecule has 1 aliphatic heterocycles. The van der Waals surface area contributed by atoms with Crippen LogP contribution in [0.15, 0.2) is 29.2 Å². The maximum atomic E-state index is 6.14. The van der Waals surface area contributed by atoms with E-state index in [9.17, 15) is 0 Å². The van der Waals surface area contributed by atoms with E-state index in [2.05, 4.69) is 36.6 Å². The van der Waals surface area contributed by atoms with Crippen molar-refractivity contribution in [3.8, 4) is 0 Å². The van der Waals surface area contributed by atoms with Gasteiger partial charge in [0.25, 0.3) is 0 Å². The molecule has 1 unspecified atom stereocenters. The second-order valence-corrected chi connectivity index (χ2v) is 6.99. The zero-order valence-electron chi connectivity index (χ0n) is 11.6. The quantitative estimate of drug-likeness (QED) is 0.913. The normalized spacial score (nSPS) is 30.3. The van der Waals surface area contributed by atoms with Gasteiger partial charge >= 0.3 is 0 Å². The SMILES string of the molecule is CNC1CCC(OCC2Cc3ccccc3S2)CC1. The summed E-state index contributed by atoms with van der Waals surface area (Å²) in [5, 5.41) is 4.00. The molecule has 0 spiro atoms. The highest BCUT2D eigenvalue weighted by molar-refractivity contribution is 8.00. The average molecular weight is 277 g/mol.